The third-order valence-electron chi connectivity index (χ3n) is 6.47. The number of carboxylic acids is 1. The normalized spacial score (nSPS) is 19.8. The van der Waals surface area contributed by atoms with E-state index in [0.29, 0.717) is 51.2 Å². The number of unbranched alkanes of at least 4 members (excludes halogenated alkanes) is 1. The van der Waals surface area contributed by atoms with Crippen molar-refractivity contribution in [1.82, 2.24) is 21.3 Å². The van der Waals surface area contributed by atoms with E-state index in [1.54, 1.807) is 0 Å². The number of hydrogen-bond acceptors (Lipinski definition) is 12. The van der Waals surface area contributed by atoms with Gasteiger partial charge in [0.2, 0.25) is 5.91 Å². The average Bonchev–Trinajstić information content (AvgIpc) is 3.51. The second-order valence-electron chi connectivity index (χ2n) is 9.64. The van der Waals surface area contributed by atoms with Gasteiger partial charge in [0.15, 0.2) is 0 Å². The molecule has 0 unspecified atom stereocenters. The predicted octanol–water partition coefficient (Wildman–Crippen LogP) is -0.583. The molecule has 0 aliphatic carbocycles. The van der Waals surface area contributed by atoms with E-state index < -0.39 is 23.9 Å². The van der Waals surface area contributed by atoms with Gasteiger partial charge in [-0.25, -0.2) is 4.79 Å². The van der Waals surface area contributed by atoms with E-state index in [1.165, 1.54) is 7.05 Å². The standard InChI is InChI=1S/C26H44N4O11S/c1-27-18(25(34)35)16-41-23(33)7-6-22(32)40-15-14-39-13-12-38-11-10-37-9-8-28-21(31)5-3-2-4-20-24-19(17-42-20)29-26(36)30-24/h18-20,24,27H,2-17H2,1H3,(H,28,31)(H,34,35)(H2,29,30,36)/t18-,19+,20+,24+/m0/s1. The monoisotopic (exact) mass is 620 g/mol. The molecule has 0 spiro atoms. The van der Waals surface area contributed by atoms with Crippen molar-refractivity contribution in [3.05, 3.63) is 0 Å². The number of fused-ring (bicyclic) bond motifs is 1. The first kappa shape index (κ1) is 35.5. The van der Waals surface area contributed by atoms with E-state index in [-0.39, 0.29) is 56.7 Å². The van der Waals surface area contributed by atoms with Crippen molar-refractivity contribution in [2.75, 3.05) is 72.2 Å². The highest BCUT2D eigenvalue weighted by Crippen LogP contribution is 2.33. The maximum atomic E-state index is 12.0. The first-order chi connectivity index (χ1) is 20.3. The van der Waals surface area contributed by atoms with E-state index in [1.807, 2.05) is 11.8 Å². The summed E-state index contributed by atoms with van der Waals surface area (Å²) in [6.07, 6.45) is 2.83. The van der Waals surface area contributed by atoms with Crippen molar-refractivity contribution in [3.8, 4) is 0 Å². The lowest BCUT2D eigenvalue weighted by atomic mass is 10.0. The molecule has 42 heavy (non-hydrogen) atoms. The molecule has 5 N–H and O–H groups in total. The lowest BCUT2D eigenvalue weighted by molar-refractivity contribution is -0.153. The van der Waals surface area contributed by atoms with Crippen LogP contribution in [-0.4, -0.2) is 131 Å². The zero-order valence-electron chi connectivity index (χ0n) is 24.1. The number of likely N-dealkylation sites (N-methyl/N-ethyl adjacent to an activating group) is 1. The fourth-order valence-electron chi connectivity index (χ4n) is 4.18. The number of hydrogen-bond donors (Lipinski definition) is 5. The van der Waals surface area contributed by atoms with Gasteiger partial charge in [0.05, 0.1) is 64.6 Å². The number of rotatable bonds is 24. The summed E-state index contributed by atoms with van der Waals surface area (Å²) >= 11 is 1.88. The third kappa shape index (κ3) is 15.0. The quantitative estimate of drug-likeness (QED) is 0.0522. The summed E-state index contributed by atoms with van der Waals surface area (Å²) in [7, 11) is 1.44. The van der Waals surface area contributed by atoms with E-state index >= 15 is 0 Å². The van der Waals surface area contributed by atoms with Crippen LogP contribution in [0, 0.1) is 0 Å². The molecule has 0 aromatic heterocycles. The van der Waals surface area contributed by atoms with Gasteiger partial charge >= 0.3 is 23.9 Å². The van der Waals surface area contributed by atoms with Crippen LogP contribution >= 0.6 is 11.8 Å². The molecule has 2 heterocycles. The molecular formula is C26H44N4O11S. The van der Waals surface area contributed by atoms with Crippen LogP contribution in [0.3, 0.4) is 0 Å². The number of esters is 2. The van der Waals surface area contributed by atoms with Gasteiger partial charge in [-0.15, -0.1) is 0 Å². The Labute approximate surface area is 249 Å². The zero-order valence-corrected chi connectivity index (χ0v) is 24.9. The van der Waals surface area contributed by atoms with Crippen LogP contribution in [0.1, 0.15) is 38.5 Å². The molecule has 2 fully saturated rings. The maximum absolute atomic E-state index is 12.0. The molecule has 2 saturated heterocycles. The van der Waals surface area contributed by atoms with Gasteiger partial charge in [-0.2, -0.15) is 11.8 Å². The first-order valence-corrected chi connectivity index (χ1v) is 15.2. The number of urea groups is 1. The summed E-state index contributed by atoms with van der Waals surface area (Å²) in [6.45, 7) is 2.11. The predicted molar refractivity (Wildman–Crippen MR) is 151 cm³/mol. The van der Waals surface area contributed by atoms with Crippen molar-refractivity contribution in [2.45, 2.75) is 61.9 Å². The molecular weight excluding hydrogens is 576 g/mol. The van der Waals surface area contributed by atoms with Gasteiger partial charge in [-0.05, 0) is 19.9 Å². The van der Waals surface area contributed by atoms with Gasteiger partial charge in [0, 0.05) is 24.0 Å². The summed E-state index contributed by atoms with van der Waals surface area (Å²) in [6, 6.07) is -0.657. The van der Waals surface area contributed by atoms with Gasteiger partial charge < -0.3 is 50.1 Å². The van der Waals surface area contributed by atoms with Gasteiger partial charge in [-0.1, -0.05) is 6.42 Å². The molecule has 0 bridgehead atoms. The van der Waals surface area contributed by atoms with Crippen LogP contribution < -0.4 is 21.3 Å². The number of aliphatic carboxylic acids is 1. The number of nitrogens with one attached hydrogen (secondary N) is 4. The van der Waals surface area contributed by atoms with Crippen LogP contribution in [-0.2, 0) is 42.9 Å². The third-order valence-corrected chi connectivity index (χ3v) is 7.98. The van der Waals surface area contributed by atoms with Gasteiger partial charge in [-0.3, -0.25) is 19.2 Å². The number of amides is 3. The SMILES string of the molecule is CN[C@@H](COC(=O)CCC(=O)OCCOCCOCCOCCNC(=O)CCCC[C@H]1SC[C@H]2NC(=O)N[C@H]21)C(=O)O. The largest absolute Gasteiger partial charge is 0.480 e. The minimum Gasteiger partial charge on any atom is -0.480 e. The van der Waals surface area contributed by atoms with E-state index in [0.717, 1.165) is 25.0 Å². The Morgan fingerprint density at radius 2 is 1.55 bits per heavy atom. The first-order valence-electron chi connectivity index (χ1n) is 14.2. The molecule has 4 atom stereocenters. The second-order valence-corrected chi connectivity index (χ2v) is 10.9. The van der Waals surface area contributed by atoms with Crippen molar-refractivity contribution >= 4 is 41.6 Å². The Hall–Kier alpha value is -2.66. The maximum Gasteiger partial charge on any atom is 0.324 e. The van der Waals surface area contributed by atoms with Crippen molar-refractivity contribution in [2.24, 2.45) is 0 Å². The Kier molecular flexibility index (Phi) is 17.8. The summed E-state index contributed by atoms with van der Waals surface area (Å²) in [5, 5.41) is 20.5. The van der Waals surface area contributed by atoms with Crippen LogP contribution in [0.2, 0.25) is 0 Å². The van der Waals surface area contributed by atoms with E-state index in [2.05, 4.69) is 21.3 Å². The molecule has 0 radical (unpaired) electrons. The van der Waals surface area contributed by atoms with Crippen LogP contribution in [0.15, 0.2) is 0 Å². The van der Waals surface area contributed by atoms with Crippen molar-refractivity contribution in [3.63, 3.8) is 0 Å². The van der Waals surface area contributed by atoms with Gasteiger partial charge in [0.1, 0.15) is 19.3 Å². The topological polar surface area (TPSA) is 200 Å². The fourth-order valence-corrected chi connectivity index (χ4v) is 5.73. The highest BCUT2D eigenvalue weighted by Gasteiger charge is 2.42. The lowest BCUT2D eigenvalue weighted by Gasteiger charge is -2.16. The Balaban J connectivity index is 1.29. The summed E-state index contributed by atoms with van der Waals surface area (Å²) < 4.78 is 25.9. The molecule has 2 aliphatic heterocycles. The molecule has 15 nitrogen and oxygen atoms in total. The highest BCUT2D eigenvalue weighted by atomic mass is 32.2. The molecule has 2 rings (SSSR count). The Bertz CT molecular complexity index is 866. The number of carboxylic acid groups (broad SMARTS) is 1. The Morgan fingerprint density at radius 3 is 2.21 bits per heavy atom. The van der Waals surface area contributed by atoms with Crippen LogP contribution in [0.25, 0.3) is 0 Å². The molecule has 2 aliphatic rings. The number of thioether (sulfide) groups is 1. The fraction of sp³-hybridized carbons (Fsp3) is 0.808. The highest BCUT2D eigenvalue weighted by molar-refractivity contribution is 8.00. The summed E-state index contributed by atoms with van der Waals surface area (Å²) in [4.78, 5) is 57.5. The minimum atomic E-state index is -1.14. The average molecular weight is 621 g/mol. The van der Waals surface area contributed by atoms with E-state index in [9.17, 15) is 24.0 Å². The number of ether oxygens (including phenoxy) is 5. The van der Waals surface area contributed by atoms with Gasteiger partial charge in [0.25, 0.3) is 0 Å². The molecule has 0 saturated carbocycles. The number of carbonyl (C=O) groups excluding carboxylic acids is 4. The summed E-state index contributed by atoms with van der Waals surface area (Å²) in [5.41, 5.74) is 0. The Morgan fingerprint density at radius 1 is 0.905 bits per heavy atom. The molecule has 0 aromatic rings. The smallest absolute Gasteiger partial charge is 0.324 e. The number of carbonyl (C=O) groups is 5. The van der Waals surface area contributed by atoms with Crippen LogP contribution in [0.5, 0.6) is 0 Å². The summed E-state index contributed by atoms with van der Waals surface area (Å²) in [5.74, 6) is -1.47. The van der Waals surface area contributed by atoms with Crippen molar-refractivity contribution in [1.29, 1.82) is 0 Å². The van der Waals surface area contributed by atoms with Crippen molar-refractivity contribution < 1.29 is 52.8 Å². The zero-order chi connectivity index (χ0) is 30.6. The molecule has 0 aromatic carbocycles. The lowest BCUT2D eigenvalue weighted by Crippen LogP contribution is -2.38. The van der Waals surface area contributed by atoms with E-state index in [4.69, 9.17) is 28.8 Å². The molecule has 16 heteroatoms. The molecule has 240 valence electrons. The second kappa shape index (κ2) is 21.1. The molecule has 3 amide bonds. The minimum absolute atomic E-state index is 0.00354. The van der Waals surface area contributed by atoms with Crippen LogP contribution in [0.4, 0.5) is 4.79 Å².